The highest BCUT2D eigenvalue weighted by molar-refractivity contribution is 8.03. The van der Waals surface area contributed by atoms with E-state index in [9.17, 15) is 0 Å². The standard InChI is InChI=1S/C21H22S2Si/c1-13-12-14-6-4-5-7-15(14)20(13)24(2,3)21-18-16(8-10-22-18)17-9-11-23-19(17)21/h4-12,16,18,20-21H,1-3H3. The van der Waals surface area contributed by atoms with Gasteiger partial charge in [-0.15, -0.1) is 23.1 Å². The molecule has 2 aromatic rings. The van der Waals surface area contributed by atoms with E-state index in [-0.39, 0.29) is 0 Å². The number of hydrogen-bond donors (Lipinski definition) is 0. The van der Waals surface area contributed by atoms with Gasteiger partial charge in [0.05, 0.1) is 8.07 Å². The molecule has 0 N–H and O–H groups in total. The smallest absolute Gasteiger partial charge is 0.0700 e. The van der Waals surface area contributed by atoms with E-state index in [0.717, 1.165) is 10.8 Å². The van der Waals surface area contributed by atoms with Crippen LogP contribution in [-0.4, -0.2) is 13.3 Å². The van der Waals surface area contributed by atoms with Crippen molar-refractivity contribution in [3.05, 3.63) is 74.3 Å². The van der Waals surface area contributed by atoms with Crippen molar-refractivity contribution < 1.29 is 0 Å². The van der Waals surface area contributed by atoms with Gasteiger partial charge in [-0.3, -0.25) is 0 Å². The molecule has 122 valence electrons. The third-order valence-corrected chi connectivity index (χ3v) is 13.4. The highest BCUT2D eigenvalue weighted by Gasteiger charge is 2.54. The summed E-state index contributed by atoms with van der Waals surface area (Å²) in [5.41, 5.74) is 7.68. The largest absolute Gasteiger partial charge is 0.149 e. The van der Waals surface area contributed by atoms with Crippen molar-refractivity contribution in [2.75, 3.05) is 0 Å². The van der Waals surface area contributed by atoms with Crippen LogP contribution in [0.25, 0.3) is 6.08 Å². The van der Waals surface area contributed by atoms with Gasteiger partial charge in [0.25, 0.3) is 0 Å². The van der Waals surface area contributed by atoms with Gasteiger partial charge in [-0.05, 0) is 40.5 Å². The molecule has 0 saturated carbocycles. The third-order valence-electron chi connectivity index (χ3n) is 6.26. The fourth-order valence-corrected chi connectivity index (χ4v) is 14.6. The quantitative estimate of drug-likeness (QED) is 0.543. The monoisotopic (exact) mass is 366 g/mol. The lowest BCUT2D eigenvalue weighted by Crippen LogP contribution is -2.45. The highest BCUT2D eigenvalue weighted by atomic mass is 32.2. The predicted octanol–water partition coefficient (Wildman–Crippen LogP) is 6.55. The Hall–Kier alpha value is -1.03. The van der Waals surface area contributed by atoms with Crippen molar-refractivity contribution in [2.24, 2.45) is 0 Å². The molecule has 1 aromatic heterocycles. The summed E-state index contributed by atoms with van der Waals surface area (Å²) in [6.07, 6.45) is 4.90. The van der Waals surface area contributed by atoms with Gasteiger partial charge in [-0.1, -0.05) is 55.1 Å². The van der Waals surface area contributed by atoms with Crippen LogP contribution in [0.15, 0.2) is 52.8 Å². The number of thioether (sulfide) groups is 1. The molecule has 0 radical (unpaired) electrons. The lowest BCUT2D eigenvalue weighted by atomic mass is 10.0. The van der Waals surface area contributed by atoms with Crippen molar-refractivity contribution in [2.45, 2.75) is 42.3 Å². The summed E-state index contributed by atoms with van der Waals surface area (Å²) in [5, 5.41) is 5.42. The molecule has 1 aliphatic heterocycles. The summed E-state index contributed by atoms with van der Waals surface area (Å²) >= 11 is 4.10. The zero-order chi connectivity index (χ0) is 16.5. The second-order valence-corrected chi connectivity index (χ2v) is 14.8. The fourth-order valence-electron chi connectivity index (χ4n) is 5.40. The van der Waals surface area contributed by atoms with Gasteiger partial charge in [0.1, 0.15) is 0 Å². The SMILES string of the molecule is CC1=Cc2ccccc2C1[Si](C)(C)C1c2sccc2C2C=CSC21. The Morgan fingerprint density at radius 3 is 2.75 bits per heavy atom. The molecule has 5 rings (SSSR count). The Morgan fingerprint density at radius 1 is 1.04 bits per heavy atom. The molecule has 0 amide bonds. The molecule has 1 aromatic carbocycles. The average molecular weight is 367 g/mol. The molecule has 0 nitrogen and oxygen atoms in total. The van der Waals surface area contributed by atoms with Gasteiger partial charge in [-0.25, -0.2) is 0 Å². The number of thiophene rings is 1. The predicted molar refractivity (Wildman–Crippen MR) is 111 cm³/mol. The zero-order valence-electron chi connectivity index (χ0n) is 14.3. The first-order valence-electron chi connectivity index (χ1n) is 8.75. The Morgan fingerprint density at radius 2 is 1.88 bits per heavy atom. The molecule has 2 heterocycles. The first kappa shape index (κ1) is 15.2. The molecule has 0 spiro atoms. The maximum atomic E-state index is 2.65. The summed E-state index contributed by atoms with van der Waals surface area (Å²) in [4.78, 5) is 1.70. The summed E-state index contributed by atoms with van der Waals surface area (Å²) in [5.74, 6) is 0.661. The van der Waals surface area contributed by atoms with Crippen molar-refractivity contribution in [1.82, 2.24) is 0 Å². The second-order valence-electron chi connectivity index (χ2n) is 7.94. The number of hydrogen-bond acceptors (Lipinski definition) is 2. The van der Waals surface area contributed by atoms with E-state index in [1.807, 2.05) is 11.3 Å². The van der Waals surface area contributed by atoms with Crippen LogP contribution in [-0.2, 0) is 0 Å². The molecule has 3 aliphatic rings. The molecule has 0 saturated heterocycles. The maximum Gasteiger partial charge on any atom is 0.0700 e. The van der Waals surface area contributed by atoms with Crippen LogP contribution >= 0.6 is 23.1 Å². The Balaban J connectivity index is 1.63. The summed E-state index contributed by atoms with van der Waals surface area (Å²) in [7, 11) is -1.57. The van der Waals surface area contributed by atoms with Crippen LogP contribution in [0.1, 0.15) is 45.5 Å². The van der Waals surface area contributed by atoms with E-state index in [4.69, 9.17) is 0 Å². The van der Waals surface area contributed by atoms with Crippen LogP contribution in [0, 0.1) is 0 Å². The third kappa shape index (κ3) is 1.92. The van der Waals surface area contributed by atoms with Crippen LogP contribution in [0.4, 0.5) is 0 Å². The Labute approximate surface area is 153 Å². The number of fused-ring (bicyclic) bond motifs is 4. The van der Waals surface area contributed by atoms with E-state index in [0.29, 0.717) is 11.5 Å². The van der Waals surface area contributed by atoms with Crippen LogP contribution in [0.5, 0.6) is 0 Å². The van der Waals surface area contributed by atoms with Gasteiger partial charge in [0, 0.05) is 27.1 Å². The maximum absolute atomic E-state index is 2.65. The first-order valence-corrected chi connectivity index (χ1v) is 13.7. The fraction of sp³-hybridized carbons (Fsp3) is 0.333. The molecular weight excluding hydrogens is 344 g/mol. The van der Waals surface area contributed by atoms with E-state index in [1.54, 1.807) is 21.6 Å². The van der Waals surface area contributed by atoms with Gasteiger partial charge in [0.2, 0.25) is 0 Å². The first-order chi connectivity index (χ1) is 11.6. The number of benzene rings is 1. The van der Waals surface area contributed by atoms with Gasteiger partial charge in [0.15, 0.2) is 0 Å². The van der Waals surface area contributed by atoms with Gasteiger partial charge in [-0.2, -0.15) is 0 Å². The minimum atomic E-state index is -1.57. The van der Waals surface area contributed by atoms with Crippen LogP contribution in [0.2, 0.25) is 13.1 Å². The highest BCUT2D eigenvalue weighted by Crippen LogP contribution is 2.60. The summed E-state index contributed by atoms with van der Waals surface area (Å²) < 4.78 is 0. The topological polar surface area (TPSA) is 0 Å². The van der Waals surface area contributed by atoms with E-state index < -0.39 is 8.07 Å². The molecule has 4 atom stereocenters. The van der Waals surface area contributed by atoms with Crippen molar-refractivity contribution in [3.8, 4) is 0 Å². The zero-order valence-corrected chi connectivity index (χ0v) is 17.0. The number of rotatable bonds is 2. The molecular formula is C21H22S2Si. The molecule has 3 heteroatoms. The van der Waals surface area contributed by atoms with Crippen LogP contribution < -0.4 is 0 Å². The molecule has 4 unspecified atom stereocenters. The van der Waals surface area contributed by atoms with Gasteiger partial charge >= 0.3 is 0 Å². The Kier molecular flexibility index (Phi) is 3.32. The molecule has 24 heavy (non-hydrogen) atoms. The molecule has 0 fully saturated rings. The average Bonchev–Trinajstić information content (AvgIpc) is 3.25. The lowest BCUT2D eigenvalue weighted by molar-refractivity contribution is 0.794. The van der Waals surface area contributed by atoms with Crippen molar-refractivity contribution >= 4 is 37.2 Å². The molecule has 0 bridgehead atoms. The minimum absolute atomic E-state index is 0.661. The van der Waals surface area contributed by atoms with Crippen LogP contribution in [0.3, 0.4) is 0 Å². The Bertz CT molecular complexity index is 873. The summed E-state index contributed by atoms with van der Waals surface area (Å²) in [6.45, 7) is 7.65. The lowest BCUT2D eigenvalue weighted by Gasteiger charge is -2.40. The van der Waals surface area contributed by atoms with E-state index >= 15 is 0 Å². The second kappa shape index (κ2) is 5.23. The van der Waals surface area contributed by atoms with Crippen molar-refractivity contribution in [1.29, 1.82) is 0 Å². The van der Waals surface area contributed by atoms with E-state index in [2.05, 4.69) is 85.1 Å². The van der Waals surface area contributed by atoms with Crippen molar-refractivity contribution in [3.63, 3.8) is 0 Å². The van der Waals surface area contributed by atoms with E-state index in [1.165, 1.54) is 5.56 Å². The summed E-state index contributed by atoms with van der Waals surface area (Å²) in [6, 6.07) is 11.5. The minimum Gasteiger partial charge on any atom is -0.149 e. The number of allylic oxidation sites excluding steroid dienone is 2. The molecule has 2 aliphatic carbocycles. The van der Waals surface area contributed by atoms with Gasteiger partial charge < -0.3 is 0 Å². The normalized spacial score (nSPS) is 30.2.